The predicted molar refractivity (Wildman–Crippen MR) is 38.3 cm³/mol. The molecule has 1 aromatic carbocycles. The van der Waals surface area contributed by atoms with Crippen LogP contribution in [0.3, 0.4) is 0 Å². The van der Waals surface area contributed by atoms with E-state index < -0.39 is 5.91 Å². The van der Waals surface area contributed by atoms with Gasteiger partial charge in [-0.2, -0.15) is 0 Å². The number of carbonyl (C=O) groups is 1. The van der Waals surface area contributed by atoms with Gasteiger partial charge in [0, 0.05) is 0 Å². The minimum Gasteiger partial charge on any atom is -0.508 e. The molecule has 0 aliphatic carbocycles. The van der Waals surface area contributed by atoms with Crippen molar-refractivity contribution in [2.45, 2.75) is 0 Å². The molecule has 0 spiro atoms. The lowest BCUT2D eigenvalue weighted by Crippen LogP contribution is -2.10. The van der Waals surface area contributed by atoms with Crippen LogP contribution in [0.2, 0.25) is 0 Å². The second-order valence-corrected chi connectivity index (χ2v) is 2.07. The first-order valence-corrected chi connectivity index (χ1v) is 2.93. The standard InChI is InChI=1S/C7H7NO3/c8-7(11)5-3-4(9)1-2-6(5)10/h1-3,9-10H,(H2,8,11). The zero-order chi connectivity index (χ0) is 8.43. The van der Waals surface area contributed by atoms with Gasteiger partial charge in [0.05, 0.1) is 5.56 Å². The molecule has 0 aliphatic heterocycles. The van der Waals surface area contributed by atoms with E-state index in [0.29, 0.717) is 0 Å². The van der Waals surface area contributed by atoms with Crippen LogP contribution in [0.25, 0.3) is 0 Å². The van der Waals surface area contributed by atoms with Gasteiger partial charge >= 0.3 is 0 Å². The molecule has 1 aromatic rings. The molecule has 0 radical (unpaired) electrons. The van der Waals surface area contributed by atoms with Gasteiger partial charge in [0.1, 0.15) is 11.5 Å². The van der Waals surface area contributed by atoms with E-state index in [1.54, 1.807) is 0 Å². The van der Waals surface area contributed by atoms with Crippen LogP contribution in [-0.2, 0) is 0 Å². The lowest BCUT2D eigenvalue weighted by Gasteiger charge is -1.99. The highest BCUT2D eigenvalue weighted by atomic mass is 16.3. The van der Waals surface area contributed by atoms with Crippen LogP contribution in [0.4, 0.5) is 0 Å². The highest BCUT2D eigenvalue weighted by Crippen LogP contribution is 2.20. The molecular formula is C7H7NO3. The monoisotopic (exact) mass is 153 g/mol. The lowest BCUT2D eigenvalue weighted by molar-refractivity contribution is 0.0997. The normalized spacial score (nSPS) is 9.45. The van der Waals surface area contributed by atoms with Gasteiger partial charge in [0.15, 0.2) is 0 Å². The summed E-state index contributed by atoms with van der Waals surface area (Å²) >= 11 is 0. The Morgan fingerprint density at radius 3 is 2.45 bits per heavy atom. The topological polar surface area (TPSA) is 83.6 Å². The highest BCUT2D eigenvalue weighted by Gasteiger charge is 2.06. The summed E-state index contributed by atoms with van der Waals surface area (Å²) in [5.74, 6) is -1.09. The number of primary amides is 1. The van der Waals surface area contributed by atoms with Crippen LogP contribution in [0.15, 0.2) is 18.2 Å². The van der Waals surface area contributed by atoms with Gasteiger partial charge < -0.3 is 15.9 Å². The summed E-state index contributed by atoms with van der Waals surface area (Å²) in [6, 6.07) is 3.58. The van der Waals surface area contributed by atoms with E-state index in [-0.39, 0.29) is 17.1 Å². The van der Waals surface area contributed by atoms with Crippen LogP contribution in [0.1, 0.15) is 10.4 Å². The van der Waals surface area contributed by atoms with Crippen molar-refractivity contribution in [1.82, 2.24) is 0 Å². The molecule has 0 saturated carbocycles. The lowest BCUT2D eigenvalue weighted by atomic mass is 10.2. The fraction of sp³-hybridized carbons (Fsp3) is 0. The Kier molecular flexibility index (Phi) is 1.68. The Morgan fingerprint density at radius 2 is 2.00 bits per heavy atom. The smallest absolute Gasteiger partial charge is 0.252 e. The number of phenols is 2. The molecule has 4 heteroatoms. The molecule has 0 bridgehead atoms. The van der Waals surface area contributed by atoms with Gasteiger partial charge in [0.25, 0.3) is 5.91 Å². The molecule has 0 fully saturated rings. The highest BCUT2D eigenvalue weighted by molar-refractivity contribution is 5.95. The molecule has 0 aromatic heterocycles. The van der Waals surface area contributed by atoms with E-state index >= 15 is 0 Å². The van der Waals surface area contributed by atoms with Crippen molar-refractivity contribution in [2.24, 2.45) is 5.73 Å². The number of carbonyl (C=O) groups excluding carboxylic acids is 1. The Hall–Kier alpha value is -1.71. The summed E-state index contributed by atoms with van der Waals surface area (Å²) in [5.41, 5.74) is 4.79. The number of nitrogens with two attached hydrogens (primary N) is 1. The van der Waals surface area contributed by atoms with Gasteiger partial charge in [0.2, 0.25) is 0 Å². The van der Waals surface area contributed by atoms with E-state index in [4.69, 9.17) is 15.9 Å². The van der Waals surface area contributed by atoms with Crippen LogP contribution in [-0.4, -0.2) is 16.1 Å². The molecule has 0 atom stereocenters. The zero-order valence-corrected chi connectivity index (χ0v) is 5.61. The number of hydrogen-bond acceptors (Lipinski definition) is 3. The number of aromatic hydroxyl groups is 2. The van der Waals surface area contributed by atoms with Crippen LogP contribution < -0.4 is 5.73 Å². The van der Waals surface area contributed by atoms with Crippen LogP contribution in [0.5, 0.6) is 11.5 Å². The van der Waals surface area contributed by atoms with Crippen LogP contribution in [0, 0.1) is 0 Å². The molecule has 0 saturated heterocycles. The second kappa shape index (κ2) is 2.49. The van der Waals surface area contributed by atoms with E-state index in [1.807, 2.05) is 0 Å². The largest absolute Gasteiger partial charge is 0.508 e. The maximum absolute atomic E-state index is 10.5. The van der Waals surface area contributed by atoms with Gasteiger partial charge in [-0.15, -0.1) is 0 Å². The molecule has 0 aliphatic rings. The van der Waals surface area contributed by atoms with Crippen LogP contribution >= 0.6 is 0 Å². The van der Waals surface area contributed by atoms with Gasteiger partial charge in [-0.3, -0.25) is 4.79 Å². The minimum atomic E-state index is -0.765. The third-order valence-electron chi connectivity index (χ3n) is 1.25. The Balaban J connectivity index is 3.23. The molecule has 0 heterocycles. The summed E-state index contributed by atoms with van der Waals surface area (Å²) in [7, 11) is 0. The second-order valence-electron chi connectivity index (χ2n) is 2.07. The SMILES string of the molecule is NC(=O)c1cc(O)ccc1O. The number of benzene rings is 1. The number of rotatable bonds is 1. The third kappa shape index (κ3) is 1.40. The quantitative estimate of drug-likeness (QED) is 0.504. The summed E-state index contributed by atoms with van der Waals surface area (Å²) in [4.78, 5) is 10.5. The molecule has 1 rings (SSSR count). The molecular weight excluding hydrogens is 146 g/mol. The zero-order valence-electron chi connectivity index (χ0n) is 5.61. The molecule has 58 valence electrons. The first kappa shape index (κ1) is 7.40. The van der Waals surface area contributed by atoms with Gasteiger partial charge in [-0.1, -0.05) is 0 Å². The molecule has 4 N–H and O–H groups in total. The van der Waals surface area contributed by atoms with E-state index in [1.165, 1.54) is 12.1 Å². The average Bonchev–Trinajstić information content (AvgIpc) is 1.94. The van der Waals surface area contributed by atoms with Crippen molar-refractivity contribution in [3.63, 3.8) is 0 Å². The van der Waals surface area contributed by atoms with E-state index in [2.05, 4.69) is 0 Å². The van der Waals surface area contributed by atoms with Crippen molar-refractivity contribution < 1.29 is 15.0 Å². The number of amides is 1. The Morgan fingerprint density at radius 1 is 1.36 bits per heavy atom. The maximum atomic E-state index is 10.5. The average molecular weight is 153 g/mol. The molecule has 4 nitrogen and oxygen atoms in total. The first-order chi connectivity index (χ1) is 5.11. The van der Waals surface area contributed by atoms with Gasteiger partial charge in [-0.05, 0) is 18.2 Å². The minimum absolute atomic E-state index is 0.0787. The van der Waals surface area contributed by atoms with E-state index in [9.17, 15) is 4.79 Å². The summed E-state index contributed by atoms with van der Waals surface area (Å²) in [6.07, 6.45) is 0. The summed E-state index contributed by atoms with van der Waals surface area (Å²) in [5, 5.41) is 17.9. The Bertz CT molecular complexity index is 296. The van der Waals surface area contributed by atoms with Crippen molar-refractivity contribution in [3.8, 4) is 11.5 Å². The van der Waals surface area contributed by atoms with E-state index in [0.717, 1.165) is 6.07 Å². The summed E-state index contributed by atoms with van der Waals surface area (Å²) in [6.45, 7) is 0. The van der Waals surface area contributed by atoms with Gasteiger partial charge in [-0.25, -0.2) is 0 Å². The number of hydrogen-bond donors (Lipinski definition) is 3. The summed E-state index contributed by atoms with van der Waals surface area (Å²) < 4.78 is 0. The molecule has 0 unspecified atom stereocenters. The Labute approximate surface area is 62.9 Å². The van der Waals surface area contributed by atoms with Crippen molar-refractivity contribution in [3.05, 3.63) is 23.8 Å². The molecule has 11 heavy (non-hydrogen) atoms. The maximum Gasteiger partial charge on any atom is 0.252 e. The van der Waals surface area contributed by atoms with Crippen molar-refractivity contribution >= 4 is 5.91 Å². The molecule has 1 amide bonds. The fourth-order valence-corrected chi connectivity index (χ4v) is 0.721. The van der Waals surface area contributed by atoms with Crippen molar-refractivity contribution in [1.29, 1.82) is 0 Å². The third-order valence-corrected chi connectivity index (χ3v) is 1.25. The number of phenolic OH excluding ortho intramolecular Hbond substituents is 1. The van der Waals surface area contributed by atoms with Crippen molar-refractivity contribution in [2.75, 3.05) is 0 Å². The fourth-order valence-electron chi connectivity index (χ4n) is 0.721. The first-order valence-electron chi connectivity index (χ1n) is 2.93. The predicted octanol–water partition coefficient (Wildman–Crippen LogP) is 0.197.